The van der Waals surface area contributed by atoms with Gasteiger partial charge in [0, 0.05) is 6.04 Å². The topological polar surface area (TPSA) is 76.8 Å². The number of hydrogen-bond acceptors (Lipinski definition) is 5. The fraction of sp³-hybridized carbons (Fsp3) is 0.421. The summed E-state index contributed by atoms with van der Waals surface area (Å²) in [6.45, 7) is 2.13. The summed E-state index contributed by atoms with van der Waals surface area (Å²) in [5.41, 5.74) is 1.19. The van der Waals surface area contributed by atoms with E-state index in [1.54, 1.807) is 17.0 Å². The zero-order valence-electron chi connectivity index (χ0n) is 15.1. The molecule has 1 aliphatic rings. The molecule has 0 aliphatic carbocycles. The molecule has 1 atom stereocenters. The second-order valence-electron chi connectivity index (χ2n) is 6.57. The van der Waals surface area contributed by atoms with Gasteiger partial charge in [0.05, 0.1) is 18.1 Å². The molecule has 3 rings (SSSR count). The van der Waals surface area contributed by atoms with Crippen molar-refractivity contribution in [3.05, 3.63) is 52.4 Å². The van der Waals surface area contributed by atoms with Crippen LogP contribution in [0.4, 0.5) is 0 Å². The summed E-state index contributed by atoms with van der Waals surface area (Å²) in [4.78, 5) is 14.4. The number of carbonyl (C=O) groups is 1. The van der Waals surface area contributed by atoms with Crippen LogP contribution in [-0.2, 0) is 27.6 Å². The van der Waals surface area contributed by atoms with E-state index in [0.29, 0.717) is 22.6 Å². The summed E-state index contributed by atoms with van der Waals surface area (Å²) in [7, 11) is -3.11. The molecule has 0 bridgehead atoms. The number of benzene rings is 1. The van der Waals surface area contributed by atoms with Crippen molar-refractivity contribution in [2.75, 3.05) is 18.1 Å². The Balaban J connectivity index is 1.69. The van der Waals surface area contributed by atoms with Crippen LogP contribution in [0.3, 0.4) is 0 Å². The van der Waals surface area contributed by atoms with E-state index < -0.39 is 9.84 Å². The van der Waals surface area contributed by atoms with E-state index in [-0.39, 0.29) is 36.6 Å². The Hall–Kier alpha value is -1.80. The average Bonchev–Trinajstić information content (AvgIpc) is 3.22. The van der Waals surface area contributed by atoms with Crippen LogP contribution in [0.15, 0.2) is 45.5 Å². The molecule has 1 saturated heterocycles. The maximum atomic E-state index is 12.8. The zero-order chi connectivity index (χ0) is 19.4. The van der Waals surface area contributed by atoms with Gasteiger partial charge in [0.2, 0.25) is 0 Å². The summed E-state index contributed by atoms with van der Waals surface area (Å²) in [5, 5.41) is 0. The second kappa shape index (κ2) is 8.48. The van der Waals surface area contributed by atoms with E-state index in [0.717, 1.165) is 6.42 Å². The monoisotopic (exact) mass is 455 g/mol. The number of halogens is 1. The smallest absolute Gasteiger partial charge is 0.261 e. The first-order valence-corrected chi connectivity index (χ1v) is 11.4. The highest BCUT2D eigenvalue weighted by atomic mass is 79.9. The number of rotatable bonds is 7. The van der Waals surface area contributed by atoms with Gasteiger partial charge < -0.3 is 14.1 Å². The molecular weight excluding hydrogens is 434 g/mol. The predicted octanol–water partition coefficient (Wildman–Crippen LogP) is 3.20. The van der Waals surface area contributed by atoms with Crippen molar-refractivity contribution < 1.29 is 22.4 Å². The summed E-state index contributed by atoms with van der Waals surface area (Å²) in [6, 6.07) is 10.7. The second-order valence-corrected chi connectivity index (χ2v) is 9.58. The molecule has 1 amide bonds. The quantitative estimate of drug-likeness (QED) is 0.640. The SMILES string of the molecule is CCc1ccc(OCC(=O)N(Cc2ccc(Br)o2)[C@H]2CCS(=O)(=O)C2)cc1. The Kier molecular flexibility index (Phi) is 6.26. The van der Waals surface area contributed by atoms with Crippen molar-refractivity contribution in [1.82, 2.24) is 4.90 Å². The molecule has 1 aromatic heterocycles. The Morgan fingerprint density at radius 3 is 2.56 bits per heavy atom. The number of furan rings is 1. The van der Waals surface area contributed by atoms with E-state index in [9.17, 15) is 13.2 Å². The van der Waals surface area contributed by atoms with Crippen LogP contribution >= 0.6 is 15.9 Å². The molecule has 146 valence electrons. The van der Waals surface area contributed by atoms with Crippen molar-refractivity contribution in [2.24, 2.45) is 0 Å². The van der Waals surface area contributed by atoms with Gasteiger partial charge >= 0.3 is 0 Å². The Morgan fingerprint density at radius 1 is 1.26 bits per heavy atom. The van der Waals surface area contributed by atoms with Crippen LogP contribution in [0.2, 0.25) is 0 Å². The Labute approximate surface area is 167 Å². The first-order valence-electron chi connectivity index (χ1n) is 8.82. The molecule has 8 heteroatoms. The minimum absolute atomic E-state index is 0.0220. The van der Waals surface area contributed by atoms with Gasteiger partial charge in [0.15, 0.2) is 21.1 Å². The predicted molar refractivity (Wildman–Crippen MR) is 105 cm³/mol. The average molecular weight is 456 g/mol. The Morgan fingerprint density at radius 2 is 2.00 bits per heavy atom. The number of nitrogens with zero attached hydrogens (tertiary/aromatic N) is 1. The molecule has 0 spiro atoms. The molecule has 1 fully saturated rings. The fourth-order valence-corrected chi connectivity index (χ4v) is 5.17. The molecule has 0 N–H and O–H groups in total. The number of sulfone groups is 1. The van der Waals surface area contributed by atoms with Gasteiger partial charge in [-0.25, -0.2) is 8.42 Å². The van der Waals surface area contributed by atoms with Crippen molar-refractivity contribution in [3.8, 4) is 5.75 Å². The van der Waals surface area contributed by atoms with E-state index in [1.165, 1.54) is 5.56 Å². The first kappa shape index (κ1) is 19.9. The van der Waals surface area contributed by atoms with Crippen LogP contribution in [0.5, 0.6) is 5.75 Å². The molecule has 0 unspecified atom stereocenters. The molecule has 6 nitrogen and oxygen atoms in total. The largest absolute Gasteiger partial charge is 0.484 e. The molecule has 0 saturated carbocycles. The normalized spacial score (nSPS) is 18.4. The van der Waals surface area contributed by atoms with Crippen LogP contribution in [0.25, 0.3) is 0 Å². The highest BCUT2D eigenvalue weighted by molar-refractivity contribution is 9.10. The maximum absolute atomic E-state index is 12.8. The molecule has 0 radical (unpaired) electrons. The molecule has 2 aromatic rings. The van der Waals surface area contributed by atoms with Gasteiger partial charge in [0.1, 0.15) is 11.5 Å². The van der Waals surface area contributed by atoms with Crippen LogP contribution in [0, 0.1) is 0 Å². The van der Waals surface area contributed by atoms with Crippen LogP contribution in [-0.4, -0.2) is 43.4 Å². The molecule has 27 heavy (non-hydrogen) atoms. The molecule has 1 aliphatic heterocycles. The summed E-state index contributed by atoms with van der Waals surface area (Å²) in [6.07, 6.45) is 1.36. The highest BCUT2D eigenvalue weighted by Crippen LogP contribution is 2.23. The van der Waals surface area contributed by atoms with E-state index in [1.807, 2.05) is 24.3 Å². The number of hydrogen-bond donors (Lipinski definition) is 0. The zero-order valence-corrected chi connectivity index (χ0v) is 17.5. The lowest BCUT2D eigenvalue weighted by Gasteiger charge is -2.27. The van der Waals surface area contributed by atoms with Crippen molar-refractivity contribution in [1.29, 1.82) is 0 Å². The first-order chi connectivity index (χ1) is 12.9. The van der Waals surface area contributed by atoms with Crippen molar-refractivity contribution in [3.63, 3.8) is 0 Å². The third-order valence-corrected chi connectivity index (χ3v) is 6.80. The lowest BCUT2D eigenvalue weighted by atomic mass is 10.2. The summed E-state index contributed by atoms with van der Waals surface area (Å²) >= 11 is 3.24. The van der Waals surface area contributed by atoms with Crippen molar-refractivity contribution >= 4 is 31.7 Å². The molecule has 2 heterocycles. The molecular formula is C19H22BrNO5S. The van der Waals surface area contributed by atoms with Crippen LogP contribution < -0.4 is 4.74 Å². The lowest BCUT2D eigenvalue weighted by Crippen LogP contribution is -2.43. The van der Waals surface area contributed by atoms with Crippen LogP contribution in [0.1, 0.15) is 24.7 Å². The van der Waals surface area contributed by atoms with Gasteiger partial charge in [-0.15, -0.1) is 0 Å². The van der Waals surface area contributed by atoms with E-state index in [2.05, 4.69) is 22.9 Å². The number of amides is 1. The van der Waals surface area contributed by atoms with E-state index in [4.69, 9.17) is 9.15 Å². The van der Waals surface area contributed by atoms with Gasteiger partial charge in [0.25, 0.3) is 5.91 Å². The highest BCUT2D eigenvalue weighted by Gasteiger charge is 2.35. The minimum Gasteiger partial charge on any atom is -0.484 e. The number of ether oxygens (including phenoxy) is 1. The third-order valence-electron chi connectivity index (χ3n) is 4.62. The van der Waals surface area contributed by atoms with Crippen molar-refractivity contribution in [2.45, 2.75) is 32.4 Å². The summed E-state index contributed by atoms with van der Waals surface area (Å²) in [5.74, 6) is 1.02. The summed E-state index contributed by atoms with van der Waals surface area (Å²) < 4.78 is 35.4. The van der Waals surface area contributed by atoms with Gasteiger partial charge in [-0.2, -0.15) is 0 Å². The Bertz CT molecular complexity index is 891. The maximum Gasteiger partial charge on any atom is 0.261 e. The van der Waals surface area contributed by atoms with Gasteiger partial charge in [-0.1, -0.05) is 19.1 Å². The lowest BCUT2D eigenvalue weighted by molar-refractivity contribution is -0.136. The van der Waals surface area contributed by atoms with E-state index >= 15 is 0 Å². The van der Waals surface area contributed by atoms with Gasteiger partial charge in [-0.3, -0.25) is 4.79 Å². The number of carbonyl (C=O) groups excluding carboxylic acids is 1. The molecule has 1 aromatic carbocycles. The third kappa shape index (κ3) is 5.35. The number of aryl methyl sites for hydroxylation is 1. The standard InChI is InChI=1S/C19H22BrNO5S/c1-2-14-3-5-16(6-4-14)25-12-19(22)21(11-17-7-8-18(20)26-17)15-9-10-27(23,24)13-15/h3-8,15H,2,9-13H2,1H3/t15-/m0/s1. The van der Waals surface area contributed by atoms with Gasteiger partial charge in [-0.05, 0) is 58.6 Å². The fourth-order valence-electron chi connectivity index (χ4n) is 3.10. The minimum atomic E-state index is -3.11.